The highest BCUT2D eigenvalue weighted by molar-refractivity contribution is 4.91. The largest absolute Gasteiger partial charge is 0.310 e. The molecule has 1 atom stereocenters. The number of nitrogens with one attached hydrogen (secondary N) is 1. The fraction of sp³-hybridized carbons (Fsp3) is 1.00. The number of likely N-dealkylation sites (N-methyl/N-ethyl adjacent to an activating group) is 1. The van der Waals surface area contributed by atoms with Crippen molar-refractivity contribution in [1.29, 1.82) is 0 Å². The second kappa shape index (κ2) is 4.19. The molecule has 0 aromatic carbocycles. The smallest absolute Gasteiger partial charge is 0.0209 e. The molecule has 14 heavy (non-hydrogen) atoms. The van der Waals surface area contributed by atoms with Gasteiger partial charge in [0.1, 0.15) is 0 Å². The molecule has 1 aliphatic heterocycles. The molecule has 0 amide bonds. The molecule has 1 heterocycles. The van der Waals surface area contributed by atoms with Gasteiger partial charge in [-0.15, -0.1) is 0 Å². The second-order valence-corrected chi connectivity index (χ2v) is 5.59. The lowest BCUT2D eigenvalue weighted by molar-refractivity contribution is 0.157. The van der Waals surface area contributed by atoms with E-state index in [1.807, 2.05) is 0 Å². The molecule has 2 rings (SSSR count). The zero-order valence-electron chi connectivity index (χ0n) is 9.79. The summed E-state index contributed by atoms with van der Waals surface area (Å²) in [7, 11) is 2.22. The number of rotatable bonds is 3. The van der Waals surface area contributed by atoms with Crippen LogP contribution in [0.2, 0.25) is 0 Å². The molecule has 2 aliphatic rings. The first-order valence-corrected chi connectivity index (χ1v) is 6.09. The fourth-order valence-corrected chi connectivity index (χ4v) is 2.75. The van der Waals surface area contributed by atoms with Gasteiger partial charge in [-0.25, -0.2) is 0 Å². The van der Waals surface area contributed by atoms with Gasteiger partial charge in [0.15, 0.2) is 0 Å². The summed E-state index contributed by atoms with van der Waals surface area (Å²) < 4.78 is 0. The molecule has 1 saturated heterocycles. The summed E-state index contributed by atoms with van der Waals surface area (Å²) in [5.74, 6) is 1.88. The number of hydrogen-bond acceptors (Lipinski definition) is 2. The van der Waals surface area contributed by atoms with Gasteiger partial charge in [0.25, 0.3) is 0 Å². The van der Waals surface area contributed by atoms with Crippen molar-refractivity contribution in [1.82, 2.24) is 10.2 Å². The Morgan fingerprint density at radius 1 is 1.21 bits per heavy atom. The highest BCUT2D eigenvalue weighted by atomic mass is 15.2. The first-order chi connectivity index (χ1) is 6.65. The van der Waals surface area contributed by atoms with Crippen molar-refractivity contribution in [3.8, 4) is 0 Å². The molecule has 0 spiro atoms. The molecular formula is C12H24N2. The molecule has 2 fully saturated rings. The molecule has 2 nitrogen and oxygen atoms in total. The summed E-state index contributed by atoms with van der Waals surface area (Å²) >= 11 is 0. The predicted octanol–water partition coefficient (Wildman–Crippen LogP) is 1.71. The van der Waals surface area contributed by atoms with Crippen LogP contribution in [0.15, 0.2) is 0 Å². The number of nitrogens with zero attached hydrogens (tertiary/aromatic N) is 1. The highest BCUT2D eigenvalue weighted by Crippen LogP contribution is 2.34. The van der Waals surface area contributed by atoms with Gasteiger partial charge in [0, 0.05) is 18.6 Å². The average Bonchev–Trinajstić information content (AvgIpc) is 2.42. The lowest BCUT2D eigenvalue weighted by atomic mass is 9.73. The van der Waals surface area contributed by atoms with Gasteiger partial charge in [0.05, 0.1) is 0 Å². The SMILES string of the molecule is CC(C)C1CC(NC2CCN(C)C2)C1. The van der Waals surface area contributed by atoms with Crippen molar-refractivity contribution in [2.75, 3.05) is 20.1 Å². The Morgan fingerprint density at radius 3 is 2.43 bits per heavy atom. The third kappa shape index (κ3) is 2.29. The summed E-state index contributed by atoms with van der Waals surface area (Å²) in [6, 6.07) is 1.61. The zero-order chi connectivity index (χ0) is 10.1. The van der Waals surface area contributed by atoms with Crippen molar-refractivity contribution in [3.63, 3.8) is 0 Å². The Bertz CT molecular complexity index is 185. The Kier molecular flexibility index (Phi) is 3.13. The summed E-state index contributed by atoms with van der Waals surface area (Å²) in [6.45, 7) is 7.23. The van der Waals surface area contributed by atoms with E-state index in [9.17, 15) is 0 Å². The monoisotopic (exact) mass is 196 g/mol. The minimum absolute atomic E-state index is 0.776. The van der Waals surface area contributed by atoms with Gasteiger partial charge in [-0.2, -0.15) is 0 Å². The van der Waals surface area contributed by atoms with Crippen molar-refractivity contribution in [2.24, 2.45) is 11.8 Å². The van der Waals surface area contributed by atoms with Crippen LogP contribution in [-0.2, 0) is 0 Å². The Balaban J connectivity index is 1.64. The van der Waals surface area contributed by atoms with E-state index in [0.717, 1.165) is 23.9 Å². The standard InChI is InChI=1S/C12H24N2/c1-9(2)10-6-12(7-10)13-11-4-5-14(3)8-11/h9-13H,4-8H2,1-3H3. The second-order valence-electron chi connectivity index (χ2n) is 5.59. The third-order valence-corrected chi connectivity index (χ3v) is 3.98. The molecule has 1 unspecified atom stereocenters. The van der Waals surface area contributed by atoms with Crippen molar-refractivity contribution < 1.29 is 0 Å². The van der Waals surface area contributed by atoms with E-state index < -0.39 is 0 Å². The zero-order valence-corrected chi connectivity index (χ0v) is 9.79. The van der Waals surface area contributed by atoms with Gasteiger partial charge >= 0.3 is 0 Å². The van der Waals surface area contributed by atoms with Crippen molar-refractivity contribution in [3.05, 3.63) is 0 Å². The normalized spacial score (nSPS) is 39.0. The Hall–Kier alpha value is -0.0800. The van der Waals surface area contributed by atoms with Crippen LogP contribution in [0.25, 0.3) is 0 Å². The van der Waals surface area contributed by atoms with Crippen LogP contribution in [0, 0.1) is 11.8 Å². The summed E-state index contributed by atoms with van der Waals surface area (Å²) in [4.78, 5) is 2.43. The summed E-state index contributed by atoms with van der Waals surface area (Å²) in [6.07, 6.45) is 4.18. The topological polar surface area (TPSA) is 15.3 Å². The van der Waals surface area contributed by atoms with E-state index in [-0.39, 0.29) is 0 Å². The molecule has 0 bridgehead atoms. The van der Waals surface area contributed by atoms with Crippen LogP contribution in [0.5, 0.6) is 0 Å². The van der Waals surface area contributed by atoms with Gasteiger partial charge in [-0.05, 0) is 44.7 Å². The minimum atomic E-state index is 0.776. The average molecular weight is 196 g/mol. The van der Waals surface area contributed by atoms with E-state index in [1.165, 1.54) is 32.4 Å². The fourth-order valence-electron chi connectivity index (χ4n) is 2.75. The van der Waals surface area contributed by atoms with E-state index in [1.54, 1.807) is 0 Å². The maximum absolute atomic E-state index is 3.79. The van der Waals surface area contributed by atoms with Crippen LogP contribution >= 0.6 is 0 Å². The lowest BCUT2D eigenvalue weighted by Gasteiger charge is -2.40. The van der Waals surface area contributed by atoms with Gasteiger partial charge in [-0.1, -0.05) is 13.8 Å². The minimum Gasteiger partial charge on any atom is -0.310 e. The van der Waals surface area contributed by atoms with E-state index in [4.69, 9.17) is 0 Å². The maximum Gasteiger partial charge on any atom is 0.0209 e. The van der Waals surface area contributed by atoms with Gasteiger partial charge in [-0.3, -0.25) is 0 Å². The summed E-state index contributed by atoms with van der Waals surface area (Å²) in [5, 5.41) is 3.79. The first kappa shape index (κ1) is 10.4. The van der Waals surface area contributed by atoms with Crippen molar-refractivity contribution >= 4 is 0 Å². The van der Waals surface area contributed by atoms with Crippen LogP contribution in [0.4, 0.5) is 0 Å². The Labute approximate surface area is 88.1 Å². The Morgan fingerprint density at radius 2 is 1.93 bits per heavy atom. The van der Waals surface area contributed by atoms with Gasteiger partial charge in [0.2, 0.25) is 0 Å². The third-order valence-electron chi connectivity index (χ3n) is 3.98. The van der Waals surface area contributed by atoms with Crippen LogP contribution in [0.3, 0.4) is 0 Å². The number of hydrogen-bond donors (Lipinski definition) is 1. The van der Waals surface area contributed by atoms with E-state index in [2.05, 4.69) is 31.1 Å². The molecule has 1 aliphatic carbocycles. The van der Waals surface area contributed by atoms with E-state index in [0.29, 0.717) is 0 Å². The predicted molar refractivity (Wildman–Crippen MR) is 60.4 cm³/mol. The molecule has 0 aromatic heterocycles. The van der Waals surface area contributed by atoms with Crippen LogP contribution in [-0.4, -0.2) is 37.1 Å². The molecule has 82 valence electrons. The first-order valence-electron chi connectivity index (χ1n) is 6.09. The quantitative estimate of drug-likeness (QED) is 0.739. The van der Waals surface area contributed by atoms with Gasteiger partial charge < -0.3 is 10.2 Å². The molecule has 1 N–H and O–H groups in total. The molecule has 0 aromatic rings. The molecule has 1 saturated carbocycles. The highest BCUT2D eigenvalue weighted by Gasteiger charge is 2.33. The molecule has 0 radical (unpaired) electrons. The molecular weight excluding hydrogens is 172 g/mol. The molecule has 2 heteroatoms. The summed E-state index contributed by atoms with van der Waals surface area (Å²) in [5.41, 5.74) is 0. The number of likely N-dealkylation sites (tertiary alicyclic amines) is 1. The van der Waals surface area contributed by atoms with Crippen LogP contribution < -0.4 is 5.32 Å². The van der Waals surface area contributed by atoms with E-state index >= 15 is 0 Å². The van der Waals surface area contributed by atoms with Crippen molar-refractivity contribution in [2.45, 2.75) is 45.2 Å². The van der Waals surface area contributed by atoms with Crippen LogP contribution in [0.1, 0.15) is 33.1 Å². The lowest BCUT2D eigenvalue weighted by Crippen LogP contribution is -2.48. The maximum atomic E-state index is 3.79.